The average Bonchev–Trinajstić information content (AvgIpc) is 2.49. The first kappa shape index (κ1) is 15.7. The van der Waals surface area contributed by atoms with Crippen molar-refractivity contribution in [2.24, 2.45) is 0 Å². The zero-order valence-corrected chi connectivity index (χ0v) is 13.8. The van der Waals surface area contributed by atoms with E-state index in [4.69, 9.17) is 0 Å². The van der Waals surface area contributed by atoms with Gasteiger partial charge in [-0.25, -0.2) is 0 Å². The molecular weight excluding hydrogens is 256 g/mol. The van der Waals surface area contributed by atoms with Gasteiger partial charge in [-0.15, -0.1) is 0 Å². The van der Waals surface area contributed by atoms with Gasteiger partial charge in [-0.05, 0) is 80.1 Å². The van der Waals surface area contributed by atoms with E-state index < -0.39 is 0 Å². The summed E-state index contributed by atoms with van der Waals surface area (Å²) in [6.07, 6.45) is 4.94. The van der Waals surface area contributed by atoms with Crippen LogP contribution in [-0.4, -0.2) is 11.5 Å². The Labute approximate surface area is 128 Å². The van der Waals surface area contributed by atoms with Gasteiger partial charge >= 0.3 is 0 Å². The molecule has 2 nitrogen and oxygen atoms in total. The van der Waals surface area contributed by atoms with Crippen molar-refractivity contribution in [1.29, 1.82) is 0 Å². The first-order valence-corrected chi connectivity index (χ1v) is 7.76. The molecule has 2 heteroatoms. The zero-order chi connectivity index (χ0) is 15.4. The molecule has 0 spiro atoms. The van der Waals surface area contributed by atoms with Gasteiger partial charge in [0.1, 0.15) is 0 Å². The lowest BCUT2D eigenvalue weighted by molar-refractivity contribution is 0.591. The molecule has 1 aromatic heterocycles. The summed E-state index contributed by atoms with van der Waals surface area (Å²) < 4.78 is 0. The Morgan fingerprint density at radius 3 is 2.29 bits per heavy atom. The Morgan fingerprint density at radius 1 is 1.10 bits per heavy atom. The second-order valence-corrected chi connectivity index (χ2v) is 5.85. The fourth-order valence-electron chi connectivity index (χ4n) is 2.90. The maximum atomic E-state index is 4.30. The summed E-state index contributed by atoms with van der Waals surface area (Å²) >= 11 is 0. The quantitative estimate of drug-likeness (QED) is 0.879. The highest BCUT2D eigenvalue weighted by molar-refractivity contribution is 5.48. The van der Waals surface area contributed by atoms with Gasteiger partial charge in [0.05, 0.1) is 6.04 Å². The first-order valence-electron chi connectivity index (χ1n) is 7.76. The summed E-state index contributed by atoms with van der Waals surface area (Å²) in [5.41, 5.74) is 8.14. The van der Waals surface area contributed by atoms with E-state index >= 15 is 0 Å². The highest BCUT2D eigenvalue weighted by Crippen LogP contribution is 2.31. The molecule has 0 radical (unpaired) electrons. The predicted molar refractivity (Wildman–Crippen MR) is 89.8 cm³/mol. The van der Waals surface area contributed by atoms with Crippen molar-refractivity contribution in [3.63, 3.8) is 0 Å². The van der Waals surface area contributed by atoms with Crippen LogP contribution in [-0.2, 0) is 0 Å². The van der Waals surface area contributed by atoms with Crippen molar-refractivity contribution >= 4 is 0 Å². The summed E-state index contributed by atoms with van der Waals surface area (Å²) in [6.45, 7) is 12.1. The Hall–Kier alpha value is -1.67. The number of nitrogens with zero attached hydrogens (tertiary/aromatic N) is 1. The summed E-state index contributed by atoms with van der Waals surface area (Å²) in [4.78, 5) is 4.30. The molecule has 1 unspecified atom stereocenters. The lowest BCUT2D eigenvalue weighted by Crippen LogP contribution is -2.25. The fourth-order valence-corrected chi connectivity index (χ4v) is 2.90. The van der Waals surface area contributed by atoms with E-state index in [-0.39, 0.29) is 6.04 Å². The van der Waals surface area contributed by atoms with Gasteiger partial charge in [0.15, 0.2) is 0 Å². The molecule has 1 N–H and O–H groups in total. The van der Waals surface area contributed by atoms with E-state index in [2.05, 4.69) is 57.1 Å². The normalized spacial score (nSPS) is 12.4. The van der Waals surface area contributed by atoms with E-state index in [0.29, 0.717) is 0 Å². The van der Waals surface area contributed by atoms with Crippen LogP contribution in [0.4, 0.5) is 0 Å². The second kappa shape index (κ2) is 6.86. The van der Waals surface area contributed by atoms with E-state index in [0.717, 1.165) is 13.0 Å². The molecule has 112 valence electrons. The molecule has 0 aliphatic carbocycles. The molecule has 0 saturated heterocycles. The maximum absolute atomic E-state index is 4.30. The predicted octanol–water partition coefficient (Wildman–Crippen LogP) is 4.40. The highest BCUT2D eigenvalue weighted by atomic mass is 14.9. The van der Waals surface area contributed by atoms with Crippen LogP contribution in [0.5, 0.6) is 0 Å². The van der Waals surface area contributed by atoms with E-state index in [9.17, 15) is 0 Å². The van der Waals surface area contributed by atoms with Crippen LogP contribution in [0.15, 0.2) is 30.6 Å². The molecule has 1 aromatic carbocycles. The third-order valence-corrected chi connectivity index (χ3v) is 4.33. The summed E-state index contributed by atoms with van der Waals surface area (Å²) in [5.74, 6) is 0. The van der Waals surface area contributed by atoms with Gasteiger partial charge in [0.25, 0.3) is 0 Å². The number of aryl methyl sites for hydroxylation is 2. The lowest BCUT2D eigenvalue weighted by Gasteiger charge is -2.25. The van der Waals surface area contributed by atoms with Crippen molar-refractivity contribution in [3.05, 3.63) is 64.0 Å². The zero-order valence-electron chi connectivity index (χ0n) is 13.8. The van der Waals surface area contributed by atoms with Crippen molar-refractivity contribution in [2.75, 3.05) is 6.54 Å². The van der Waals surface area contributed by atoms with E-state index in [1.807, 2.05) is 18.5 Å². The topological polar surface area (TPSA) is 24.9 Å². The van der Waals surface area contributed by atoms with Crippen LogP contribution in [0.2, 0.25) is 0 Å². The monoisotopic (exact) mass is 282 g/mol. The number of benzene rings is 1. The number of hydrogen-bond donors (Lipinski definition) is 1. The number of hydrogen-bond acceptors (Lipinski definition) is 2. The van der Waals surface area contributed by atoms with Gasteiger partial charge in [-0.1, -0.05) is 19.1 Å². The summed E-state index contributed by atoms with van der Waals surface area (Å²) in [7, 11) is 0. The number of nitrogens with one attached hydrogen (secondary N) is 1. The van der Waals surface area contributed by atoms with Gasteiger partial charge in [-0.3, -0.25) is 4.98 Å². The number of aromatic nitrogens is 1. The smallest absolute Gasteiger partial charge is 0.0597 e. The molecule has 1 heterocycles. The van der Waals surface area contributed by atoms with Crippen LogP contribution in [0.1, 0.15) is 52.8 Å². The van der Waals surface area contributed by atoms with Crippen LogP contribution in [0.3, 0.4) is 0 Å². The summed E-state index contributed by atoms with van der Waals surface area (Å²) in [5, 5.41) is 3.70. The molecule has 0 saturated carbocycles. The Morgan fingerprint density at radius 2 is 1.76 bits per heavy atom. The molecule has 21 heavy (non-hydrogen) atoms. The lowest BCUT2D eigenvalue weighted by atomic mass is 9.87. The van der Waals surface area contributed by atoms with E-state index in [1.165, 1.54) is 33.4 Å². The Kier molecular flexibility index (Phi) is 5.13. The van der Waals surface area contributed by atoms with Crippen molar-refractivity contribution in [1.82, 2.24) is 10.3 Å². The third-order valence-electron chi connectivity index (χ3n) is 4.33. The second-order valence-electron chi connectivity index (χ2n) is 5.85. The number of pyridine rings is 1. The number of rotatable bonds is 5. The minimum absolute atomic E-state index is 0.220. The summed E-state index contributed by atoms with van der Waals surface area (Å²) in [6, 6.07) is 6.69. The molecule has 0 aliphatic rings. The standard InChI is InChI=1S/C19H26N2/c1-6-9-21-19(17-8-7-10-20-12-17)18-15(4)13(2)11-14(3)16(18)5/h7-8,10-12,19,21H,6,9H2,1-5H3. The minimum atomic E-state index is 0.220. The van der Waals surface area contributed by atoms with Crippen molar-refractivity contribution in [2.45, 2.75) is 47.1 Å². The molecule has 0 amide bonds. The highest BCUT2D eigenvalue weighted by Gasteiger charge is 2.20. The van der Waals surface area contributed by atoms with Crippen LogP contribution in [0, 0.1) is 27.7 Å². The molecule has 0 fully saturated rings. The van der Waals surface area contributed by atoms with E-state index in [1.54, 1.807) is 0 Å². The fraction of sp³-hybridized carbons (Fsp3) is 0.421. The SMILES string of the molecule is CCCNC(c1cccnc1)c1c(C)c(C)cc(C)c1C. The van der Waals surface area contributed by atoms with Crippen molar-refractivity contribution < 1.29 is 0 Å². The minimum Gasteiger partial charge on any atom is -0.306 e. The van der Waals surface area contributed by atoms with Gasteiger partial charge in [-0.2, -0.15) is 0 Å². The average molecular weight is 282 g/mol. The van der Waals surface area contributed by atoms with Gasteiger partial charge in [0, 0.05) is 12.4 Å². The van der Waals surface area contributed by atoms with Crippen LogP contribution < -0.4 is 5.32 Å². The van der Waals surface area contributed by atoms with Gasteiger partial charge < -0.3 is 5.32 Å². The van der Waals surface area contributed by atoms with Crippen molar-refractivity contribution in [3.8, 4) is 0 Å². The molecule has 0 aliphatic heterocycles. The first-order chi connectivity index (χ1) is 10.1. The van der Waals surface area contributed by atoms with Crippen LogP contribution in [0.25, 0.3) is 0 Å². The molecule has 1 atom stereocenters. The Bertz CT molecular complexity index is 576. The molecule has 2 rings (SSSR count). The molecule has 2 aromatic rings. The molecular formula is C19H26N2. The molecule has 0 bridgehead atoms. The largest absolute Gasteiger partial charge is 0.306 e. The van der Waals surface area contributed by atoms with Gasteiger partial charge in [0.2, 0.25) is 0 Å². The Balaban J connectivity index is 2.57. The third kappa shape index (κ3) is 3.33. The maximum Gasteiger partial charge on any atom is 0.0597 e. The van der Waals surface area contributed by atoms with Crippen LogP contribution >= 0.6 is 0 Å².